The standard InChI is InChI=1S/C36H22N4/c1-20-11-22(19-37)12-21(2)34(20)27-14-29-28-13-23-7-3-5-9-25(23)16-31(28)40-35(29)33(18-27)39-32-17-26-10-6-4-8-24(26)15-30(32)38-36(39)40/h3-18H,1-2H3. The second-order valence-corrected chi connectivity index (χ2v) is 11.0. The van der Waals surface area contributed by atoms with Crippen LogP contribution in [0.25, 0.3) is 76.8 Å². The van der Waals surface area contributed by atoms with Gasteiger partial charge in [-0.25, -0.2) is 4.98 Å². The molecule has 0 amide bonds. The van der Waals surface area contributed by atoms with Crippen molar-refractivity contribution in [1.29, 1.82) is 5.26 Å². The highest BCUT2D eigenvalue weighted by atomic mass is 15.2. The number of aromatic nitrogens is 3. The third kappa shape index (κ3) is 2.66. The van der Waals surface area contributed by atoms with Crippen molar-refractivity contribution < 1.29 is 0 Å². The van der Waals surface area contributed by atoms with Gasteiger partial charge < -0.3 is 0 Å². The molecule has 9 rings (SSSR count). The minimum absolute atomic E-state index is 0.696. The summed E-state index contributed by atoms with van der Waals surface area (Å²) in [4.78, 5) is 5.24. The smallest absolute Gasteiger partial charge is 0.220 e. The molecule has 4 heteroatoms. The molecule has 0 radical (unpaired) electrons. The van der Waals surface area contributed by atoms with Gasteiger partial charge in [-0.2, -0.15) is 5.26 Å². The number of aryl methyl sites for hydroxylation is 2. The molecule has 4 nitrogen and oxygen atoms in total. The SMILES string of the molecule is Cc1cc(C#N)cc(C)c1-c1cc2c3cc4ccccc4cc3n3c2c(c1)n1c2cc4ccccc4cc2nc13. The summed E-state index contributed by atoms with van der Waals surface area (Å²) < 4.78 is 4.68. The molecule has 0 spiro atoms. The van der Waals surface area contributed by atoms with E-state index in [1.165, 1.54) is 48.9 Å². The van der Waals surface area contributed by atoms with Crippen molar-refractivity contribution in [2.75, 3.05) is 0 Å². The van der Waals surface area contributed by atoms with Gasteiger partial charge in [0.15, 0.2) is 0 Å². The van der Waals surface area contributed by atoms with E-state index in [-0.39, 0.29) is 0 Å². The van der Waals surface area contributed by atoms with Crippen LogP contribution in [0.1, 0.15) is 16.7 Å². The molecule has 0 unspecified atom stereocenters. The molecule has 40 heavy (non-hydrogen) atoms. The Morgan fingerprint density at radius 2 is 1.25 bits per heavy atom. The van der Waals surface area contributed by atoms with Crippen LogP contribution in [-0.2, 0) is 0 Å². The first-order chi connectivity index (χ1) is 19.6. The van der Waals surface area contributed by atoms with Gasteiger partial charge in [-0.05, 0) is 106 Å². The molecule has 3 heterocycles. The second kappa shape index (κ2) is 7.37. The highest BCUT2D eigenvalue weighted by molar-refractivity contribution is 6.20. The normalized spacial score (nSPS) is 12.2. The van der Waals surface area contributed by atoms with Gasteiger partial charge in [0.25, 0.3) is 0 Å². The van der Waals surface area contributed by atoms with E-state index in [1.807, 2.05) is 12.1 Å². The summed E-state index contributed by atoms with van der Waals surface area (Å²) >= 11 is 0. The molecule has 6 aromatic carbocycles. The maximum absolute atomic E-state index is 9.55. The van der Waals surface area contributed by atoms with Gasteiger partial charge >= 0.3 is 0 Å². The van der Waals surface area contributed by atoms with Crippen molar-refractivity contribution in [3.05, 3.63) is 114 Å². The third-order valence-electron chi connectivity index (χ3n) is 8.60. The van der Waals surface area contributed by atoms with E-state index in [0.29, 0.717) is 5.56 Å². The lowest BCUT2D eigenvalue weighted by atomic mass is 9.92. The third-order valence-corrected chi connectivity index (χ3v) is 8.60. The second-order valence-electron chi connectivity index (χ2n) is 11.0. The van der Waals surface area contributed by atoms with Crippen molar-refractivity contribution in [2.45, 2.75) is 13.8 Å². The fraction of sp³-hybridized carbons (Fsp3) is 0.0556. The van der Waals surface area contributed by atoms with E-state index in [9.17, 15) is 5.26 Å². The summed E-state index contributed by atoms with van der Waals surface area (Å²) in [5.74, 6) is 0.931. The lowest BCUT2D eigenvalue weighted by molar-refractivity contribution is 1.22. The summed E-state index contributed by atoms with van der Waals surface area (Å²) in [5.41, 5.74) is 10.9. The Hall–Kier alpha value is -5.40. The van der Waals surface area contributed by atoms with Crippen LogP contribution in [0, 0.1) is 25.2 Å². The Kier molecular flexibility index (Phi) is 3.97. The first-order valence-corrected chi connectivity index (χ1v) is 13.5. The van der Waals surface area contributed by atoms with Gasteiger partial charge in [-0.3, -0.25) is 8.80 Å². The molecule has 0 bridgehead atoms. The molecular weight excluding hydrogens is 488 g/mol. The van der Waals surface area contributed by atoms with E-state index < -0.39 is 0 Å². The molecule has 0 atom stereocenters. The zero-order valence-corrected chi connectivity index (χ0v) is 22.0. The van der Waals surface area contributed by atoms with E-state index in [2.05, 4.69) is 114 Å². The molecule has 0 aliphatic heterocycles. The zero-order chi connectivity index (χ0) is 26.7. The molecule has 0 saturated heterocycles. The summed E-state index contributed by atoms with van der Waals surface area (Å²) in [6.07, 6.45) is 0. The maximum atomic E-state index is 9.55. The summed E-state index contributed by atoms with van der Waals surface area (Å²) in [7, 11) is 0. The van der Waals surface area contributed by atoms with Gasteiger partial charge in [0.05, 0.1) is 39.2 Å². The summed E-state index contributed by atoms with van der Waals surface area (Å²) in [6.45, 7) is 4.21. The molecule has 0 aliphatic carbocycles. The average molecular weight is 511 g/mol. The molecule has 0 fully saturated rings. The van der Waals surface area contributed by atoms with E-state index in [4.69, 9.17) is 4.98 Å². The fourth-order valence-corrected chi connectivity index (χ4v) is 6.95. The quantitative estimate of drug-likeness (QED) is 0.221. The monoisotopic (exact) mass is 510 g/mol. The van der Waals surface area contributed by atoms with Crippen LogP contribution < -0.4 is 0 Å². The largest absolute Gasteiger partial charge is 0.277 e. The number of hydrogen-bond acceptors (Lipinski definition) is 2. The van der Waals surface area contributed by atoms with Crippen molar-refractivity contribution in [1.82, 2.24) is 13.8 Å². The number of fused-ring (bicyclic) bond motifs is 10. The number of imidazole rings is 2. The highest BCUT2D eigenvalue weighted by Gasteiger charge is 2.23. The van der Waals surface area contributed by atoms with Crippen molar-refractivity contribution in [2.24, 2.45) is 0 Å². The van der Waals surface area contributed by atoms with Crippen LogP contribution >= 0.6 is 0 Å². The first kappa shape index (κ1) is 21.5. The van der Waals surface area contributed by atoms with E-state index >= 15 is 0 Å². The molecule has 0 saturated carbocycles. The van der Waals surface area contributed by atoms with Crippen LogP contribution in [0.4, 0.5) is 0 Å². The lowest BCUT2D eigenvalue weighted by Crippen LogP contribution is -1.91. The number of nitrogens with zero attached hydrogens (tertiary/aromatic N) is 4. The molecule has 9 aromatic rings. The van der Waals surface area contributed by atoms with E-state index in [0.717, 1.165) is 39.0 Å². The first-order valence-electron chi connectivity index (χ1n) is 13.5. The van der Waals surface area contributed by atoms with Crippen molar-refractivity contribution >= 4 is 65.7 Å². The van der Waals surface area contributed by atoms with Crippen LogP contribution in [-0.4, -0.2) is 13.8 Å². The van der Waals surface area contributed by atoms with Gasteiger partial charge in [0, 0.05) is 10.8 Å². The number of nitriles is 1. The van der Waals surface area contributed by atoms with Crippen molar-refractivity contribution in [3.63, 3.8) is 0 Å². The number of hydrogen-bond donors (Lipinski definition) is 0. The Morgan fingerprint density at radius 1 is 0.625 bits per heavy atom. The highest BCUT2D eigenvalue weighted by Crippen LogP contribution is 2.42. The summed E-state index contributed by atoms with van der Waals surface area (Å²) in [5, 5.41) is 16.8. The van der Waals surface area contributed by atoms with Crippen LogP contribution in [0.5, 0.6) is 0 Å². The van der Waals surface area contributed by atoms with Gasteiger partial charge in [-0.15, -0.1) is 0 Å². The van der Waals surface area contributed by atoms with Gasteiger partial charge in [-0.1, -0.05) is 48.5 Å². The van der Waals surface area contributed by atoms with E-state index in [1.54, 1.807) is 0 Å². The molecule has 186 valence electrons. The zero-order valence-electron chi connectivity index (χ0n) is 22.0. The van der Waals surface area contributed by atoms with Gasteiger partial charge in [0.2, 0.25) is 5.78 Å². The minimum Gasteiger partial charge on any atom is -0.277 e. The fourth-order valence-electron chi connectivity index (χ4n) is 6.95. The van der Waals surface area contributed by atoms with Crippen molar-refractivity contribution in [3.8, 4) is 17.2 Å². The molecule has 0 N–H and O–H groups in total. The topological polar surface area (TPSA) is 45.5 Å². The predicted molar refractivity (Wildman–Crippen MR) is 164 cm³/mol. The van der Waals surface area contributed by atoms with Gasteiger partial charge in [0.1, 0.15) is 0 Å². The predicted octanol–water partition coefficient (Wildman–Crippen LogP) is 8.95. The Balaban J connectivity index is 1.52. The van der Waals surface area contributed by atoms with Crippen LogP contribution in [0.3, 0.4) is 0 Å². The van der Waals surface area contributed by atoms with Crippen LogP contribution in [0.15, 0.2) is 97.1 Å². The Labute approximate surface area is 229 Å². The maximum Gasteiger partial charge on any atom is 0.220 e. The average Bonchev–Trinajstić information content (AvgIpc) is 3.59. The molecule has 3 aromatic heterocycles. The lowest BCUT2D eigenvalue weighted by Gasteiger charge is -2.12. The summed E-state index contributed by atoms with van der Waals surface area (Å²) in [6, 6.07) is 37.1. The Morgan fingerprint density at radius 3 is 1.93 bits per heavy atom. The molecule has 0 aliphatic rings. The Bertz CT molecular complexity index is 2550. The number of rotatable bonds is 1. The van der Waals surface area contributed by atoms with Crippen LogP contribution in [0.2, 0.25) is 0 Å². The molecular formula is C36H22N4. The number of benzene rings is 6. The minimum atomic E-state index is 0.696.